The maximum Gasteiger partial charge on any atom is 0.0989 e. The smallest absolute Gasteiger partial charge is 0.0989 e. The SMILES string of the molecule is C[P+](CCO)(c1ccccc1)c1ccccc1.[Cl-]. The Morgan fingerprint density at radius 1 is 0.833 bits per heavy atom. The van der Waals surface area contributed by atoms with Gasteiger partial charge in [0, 0.05) is 0 Å². The highest BCUT2D eigenvalue weighted by Crippen LogP contribution is 2.51. The van der Waals surface area contributed by atoms with Crippen molar-refractivity contribution in [3.8, 4) is 0 Å². The van der Waals surface area contributed by atoms with Crippen LogP contribution >= 0.6 is 7.26 Å². The van der Waals surface area contributed by atoms with Crippen molar-refractivity contribution >= 4 is 17.9 Å². The summed E-state index contributed by atoms with van der Waals surface area (Å²) < 4.78 is 0. The van der Waals surface area contributed by atoms with Crippen molar-refractivity contribution < 1.29 is 17.5 Å². The summed E-state index contributed by atoms with van der Waals surface area (Å²) in [4.78, 5) is 0. The average molecular weight is 281 g/mol. The highest BCUT2D eigenvalue weighted by molar-refractivity contribution is 7.88. The minimum absolute atomic E-state index is 0. The molecule has 0 aliphatic carbocycles. The number of aliphatic hydroxyl groups is 1. The minimum atomic E-state index is -1.42. The molecule has 0 bridgehead atoms. The van der Waals surface area contributed by atoms with Gasteiger partial charge in [-0.2, -0.15) is 0 Å². The maximum atomic E-state index is 9.35. The van der Waals surface area contributed by atoms with Gasteiger partial charge in [0.05, 0.1) is 37.3 Å². The Balaban J connectivity index is 0.00000162. The van der Waals surface area contributed by atoms with E-state index in [0.29, 0.717) is 0 Å². The molecular weight excluding hydrogens is 263 g/mol. The summed E-state index contributed by atoms with van der Waals surface area (Å²) in [6.07, 6.45) is 0.848. The first-order valence-corrected chi connectivity index (χ1v) is 8.27. The van der Waals surface area contributed by atoms with Crippen molar-refractivity contribution in [2.24, 2.45) is 0 Å². The molecule has 0 aliphatic heterocycles. The first kappa shape index (κ1) is 15.2. The summed E-state index contributed by atoms with van der Waals surface area (Å²) in [5.41, 5.74) is 0. The highest BCUT2D eigenvalue weighted by Gasteiger charge is 2.36. The second-order valence-corrected chi connectivity index (χ2v) is 8.17. The maximum absolute atomic E-state index is 9.35. The molecule has 0 spiro atoms. The van der Waals surface area contributed by atoms with Crippen molar-refractivity contribution in [3.63, 3.8) is 0 Å². The zero-order valence-electron chi connectivity index (χ0n) is 10.5. The van der Waals surface area contributed by atoms with E-state index in [9.17, 15) is 5.11 Å². The van der Waals surface area contributed by atoms with Crippen molar-refractivity contribution in [1.82, 2.24) is 0 Å². The second kappa shape index (κ2) is 6.89. The molecular formula is C15H18ClOP. The summed E-state index contributed by atoms with van der Waals surface area (Å²) in [7, 11) is -1.42. The number of halogens is 1. The van der Waals surface area contributed by atoms with E-state index in [-0.39, 0.29) is 19.0 Å². The lowest BCUT2D eigenvalue weighted by molar-refractivity contribution is -0.00000458. The Bertz CT molecular complexity index is 419. The van der Waals surface area contributed by atoms with E-state index >= 15 is 0 Å². The lowest BCUT2D eigenvalue weighted by Crippen LogP contribution is -3.00. The van der Waals surface area contributed by atoms with E-state index in [1.807, 2.05) is 12.1 Å². The molecule has 1 nitrogen and oxygen atoms in total. The molecule has 1 N–H and O–H groups in total. The third-order valence-electron chi connectivity index (χ3n) is 3.20. The van der Waals surface area contributed by atoms with Gasteiger partial charge in [0.1, 0.15) is 0 Å². The quantitative estimate of drug-likeness (QED) is 0.733. The van der Waals surface area contributed by atoms with Crippen LogP contribution in [0.15, 0.2) is 60.7 Å². The monoisotopic (exact) mass is 280 g/mol. The molecule has 0 atom stereocenters. The molecule has 3 heteroatoms. The Morgan fingerprint density at radius 3 is 1.56 bits per heavy atom. The fraction of sp³-hybridized carbons (Fsp3) is 0.200. The predicted molar refractivity (Wildman–Crippen MR) is 76.9 cm³/mol. The van der Waals surface area contributed by atoms with Crippen LogP contribution in [-0.4, -0.2) is 24.5 Å². The summed E-state index contributed by atoms with van der Waals surface area (Å²) in [6.45, 7) is 2.54. The van der Waals surface area contributed by atoms with Crippen LogP contribution in [0.4, 0.5) is 0 Å². The molecule has 2 rings (SSSR count). The van der Waals surface area contributed by atoms with E-state index in [2.05, 4.69) is 55.2 Å². The first-order valence-electron chi connectivity index (χ1n) is 5.85. The van der Waals surface area contributed by atoms with E-state index in [0.717, 1.165) is 6.16 Å². The standard InChI is InChI=1S/C15H18OP.ClH/c1-17(13-12-16,14-8-4-2-5-9-14)15-10-6-3-7-11-15;/h2-11,16H,12-13H2,1H3;1H/q+1;/p-1. The molecule has 2 aromatic rings. The van der Waals surface area contributed by atoms with Gasteiger partial charge in [-0.05, 0) is 24.3 Å². The molecule has 96 valence electrons. The van der Waals surface area contributed by atoms with Crippen LogP contribution < -0.4 is 23.0 Å². The average Bonchev–Trinajstić information content (AvgIpc) is 2.41. The number of rotatable bonds is 4. The van der Waals surface area contributed by atoms with Gasteiger partial charge in [-0.3, -0.25) is 0 Å². The fourth-order valence-electron chi connectivity index (χ4n) is 2.12. The van der Waals surface area contributed by atoms with Crippen molar-refractivity contribution in [1.29, 1.82) is 0 Å². The zero-order chi connectivity index (χ0) is 12.1. The van der Waals surface area contributed by atoms with Gasteiger partial charge < -0.3 is 17.5 Å². The van der Waals surface area contributed by atoms with Gasteiger partial charge in [0.25, 0.3) is 0 Å². The highest BCUT2D eigenvalue weighted by atomic mass is 35.5. The Kier molecular flexibility index (Phi) is 5.81. The minimum Gasteiger partial charge on any atom is -1.00 e. The largest absolute Gasteiger partial charge is 1.00 e. The molecule has 0 saturated heterocycles. The van der Waals surface area contributed by atoms with Crippen LogP contribution in [0.5, 0.6) is 0 Å². The van der Waals surface area contributed by atoms with Gasteiger partial charge in [-0.15, -0.1) is 0 Å². The molecule has 0 fully saturated rings. The molecule has 0 aliphatic rings. The Morgan fingerprint density at radius 2 is 1.22 bits per heavy atom. The van der Waals surface area contributed by atoms with E-state index in [1.165, 1.54) is 10.6 Å². The van der Waals surface area contributed by atoms with Crippen molar-refractivity contribution in [3.05, 3.63) is 60.7 Å². The normalized spacial score (nSPS) is 10.8. The molecule has 0 saturated carbocycles. The molecule has 0 amide bonds. The lowest BCUT2D eigenvalue weighted by atomic mass is 10.4. The topological polar surface area (TPSA) is 20.2 Å². The summed E-state index contributed by atoms with van der Waals surface area (Å²) in [6, 6.07) is 21.1. The molecule has 2 aromatic carbocycles. The van der Waals surface area contributed by atoms with Crippen LogP contribution in [-0.2, 0) is 0 Å². The third-order valence-corrected chi connectivity index (χ3v) is 7.17. The van der Waals surface area contributed by atoms with Crippen LogP contribution in [0, 0.1) is 0 Å². The first-order chi connectivity index (χ1) is 8.27. The van der Waals surface area contributed by atoms with E-state index in [4.69, 9.17) is 0 Å². The molecule has 0 heterocycles. The zero-order valence-corrected chi connectivity index (χ0v) is 12.1. The summed E-state index contributed by atoms with van der Waals surface area (Å²) >= 11 is 0. The van der Waals surface area contributed by atoms with Crippen molar-refractivity contribution in [2.75, 3.05) is 19.4 Å². The lowest BCUT2D eigenvalue weighted by Gasteiger charge is -2.22. The Labute approximate surface area is 116 Å². The molecule has 0 aromatic heterocycles. The molecule has 0 radical (unpaired) electrons. The molecule has 0 unspecified atom stereocenters. The number of hydrogen-bond acceptors (Lipinski definition) is 1. The van der Waals surface area contributed by atoms with E-state index < -0.39 is 7.26 Å². The molecule has 18 heavy (non-hydrogen) atoms. The Hall–Kier alpha value is -0.880. The van der Waals surface area contributed by atoms with Gasteiger partial charge >= 0.3 is 0 Å². The van der Waals surface area contributed by atoms with Crippen molar-refractivity contribution in [2.45, 2.75) is 0 Å². The third kappa shape index (κ3) is 3.11. The fourth-order valence-corrected chi connectivity index (χ4v) is 5.00. The number of benzene rings is 2. The van der Waals surface area contributed by atoms with Gasteiger partial charge in [0.2, 0.25) is 0 Å². The van der Waals surface area contributed by atoms with Gasteiger partial charge in [0.15, 0.2) is 0 Å². The summed E-state index contributed by atoms with van der Waals surface area (Å²) in [5.74, 6) is 0. The van der Waals surface area contributed by atoms with E-state index in [1.54, 1.807) is 0 Å². The number of aliphatic hydroxyl groups excluding tert-OH is 1. The van der Waals surface area contributed by atoms with Gasteiger partial charge in [-0.1, -0.05) is 36.4 Å². The second-order valence-electron chi connectivity index (χ2n) is 4.31. The van der Waals surface area contributed by atoms with Crippen LogP contribution in [0.1, 0.15) is 0 Å². The predicted octanol–water partition coefficient (Wildman–Crippen LogP) is -0.719. The number of hydrogen-bond donors (Lipinski definition) is 1. The van der Waals surface area contributed by atoms with Gasteiger partial charge in [-0.25, -0.2) is 0 Å². The summed E-state index contributed by atoms with van der Waals surface area (Å²) in [5, 5.41) is 12.1. The van der Waals surface area contributed by atoms with Crippen LogP contribution in [0.3, 0.4) is 0 Å². The van der Waals surface area contributed by atoms with Crippen LogP contribution in [0.25, 0.3) is 0 Å². The van der Waals surface area contributed by atoms with Crippen LogP contribution in [0.2, 0.25) is 0 Å².